The number of nitrogens with zero attached hydrogens (tertiary/aromatic N) is 1. The van der Waals surface area contributed by atoms with Crippen LogP contribution >= 0.6 is 0 Å². The zero-order valence-corrected chi connectivity index (χ0v) is 9.71. The monoisotopic (exact) mass is 200 g/mol. The van der Waals surface area contributed by atoms with Gasteiger partial charge in [-0.1, -0.05) is 6.92 Å². The van der Waals surface area contributed by atoms with Crippen LogP contribution in [0.3, 0.4) is 0 Å². The summed E-state index contributed by atoms with van der Waals surface area (Å²) in [7, 11) is 2.00. The molecular formula is C11H24N2O. The van der Waals surface area contributed by atoms with Crippen LogP contribution in [-0.4, -0.2) is 48.8 Å². The van der Waals surface area contributed by atoms with Crippen LogP contribution in [0.1, 0.15) is 26.7 Å². The van der Waals surface area contributed by atoms with Crippen LogP contribution in [0, 0.1) is 5.92 Å². The Labute approximate surface area is 87.5 Å². The van der Waals surface area contributed by atoms with Crippen molar-refractivity contribution in [3.8, 4) is 0 Å². The molecule has 3 nitrogen and oxygen atoms in total. The molecule has 0 saturated carbocycles. The van der Waals surface area contributed by atoms with E-state index in [9.17, 15) is 5.11 Å². The number of aliphatic hydroxyl groups is 1. The van der Waals surface area contributed by atoms with E-state index in [0.717, 1.165) is 39.0 Å². The minimum absolute atomic E-state index is 0.414. The van der Waals surface area contributed by atoms with E-state index in [-0.39, 0.29) is 0 Å². The molecule has 1 fully saturated rings. The Bertz CT molecular complexity index is 161. The first-order valence-electron chi connectivity index (χ1n) is 5.63. The van der Waals surface area contributed by atoms with Gasteiger partial charge in [-0.15, -0.1) is 0 Å². The highest BCUT2D eigenvalue weighted by atomic mass is 16.3. The van der Waals surface area contributed by atoms with Gasteiger partial charge >= 0.3 is 0 Å². The zero-order chi connectivity index (χ0) is 10.6. The van der Waals surface area contributed by atoms with Gasteiger partial charge in [0.15, 0.2) is 0 Å². The van der Waals surface area contributed by atoms with Gasteiger partial charge in [0.2, 0.25) is 0 Å². The quantitative estimate of drug-likeness (QED) is 0.701. The fourth-order valence-electron chi connectivity index (χ4n) is 2.07. The maximum Gasteiger partial charge on any atom is 0.0644 e. The fraction of sp³-hybridized carbons (Fsp3) is 1.00. The first-order chi connectivity index (χ1) is 6.53. The normalized spacial score (nSPS) is 24.9. The molecule has 0 aromatic carbocycles. The molecule has 3 heteroatoms. The lowest BCUT2D eigenvalue weighted by atomic mass is 9.93. The van der Waals surface area contributed by atoms with Crippen LogP contribution in [0.25, 0.3) is 0 Å². The van der Waals surface area contributed by atoms with E-state index < -0.39 is 5.60 Å². The second-order valence-corrected chi connectivity index (χ2v) is 4.96. The van der Waals surface area contributed by atoms with Crippen molar-refractivity contribution in [2.75, 3.05) is 33.2 Å². The zero-order valence-electron chi connectivity index (χ0n) is 9.71. The Morgan fingerprint density at radius 3 is 2.50 bits per heavy atom. The summed E-state index contributed by atoms with van der Waals surface area (Å²) < 4.78 is 0. The average Bonchev–Trinajstić information content (AvgIpc) is 2.09. The van der Waals surface area contributed by atoms with Crippen molar-refractivity contribution < 1.29 is 5.11 Å². The van der Waals surface area contributed by atoms with Crippen LogP contribution in [0.15, 0.2) is 0 Å². The van der Waals surface area contributed by atoms with E-state index in [1.807, 2.05) is 14.0 Å². The van der Waals surface area contributed by atoms with Crippen molar-refractivity contribution in [2.45, 2.75) is 32.3 Å². The lowest BCUT2D eigenvalue weighted by molar-refractivity contribution is -0.00811. The summed E-state index contributed by atoms with van der Waals surface area (Å²) in [5.74, 6) is 0.697. The Kier molecular flexibility index (Phi) is 4.35. The average molecular weight is 200 g/mol. The molecule has 1 rings (SSSR count). The fourth-order valence-corrected chi connectivity index (χ4v) is 2.07. The summed E-state index contributed by atoms with van der Waals surface area (Å²) in [6.07, 6.45) is 1.83. The Morgan fingerprint density at radius 1 is 1.43 bits per heavy atom. The molecule has 1 atom stereocenters. The van der Waals surface area contributed by atoms with Crippen molar-refractivity contribution in [2.24, 2.45) is 5.92 Å². The van der Waals surface area contributed by atoms with Gasteiger partial charge < -0.3 is 15.3 Å². The van der Waals surface area contributed by atoms with Crippen LogP contribution in [0.4, 0.5) is 0 Å². The first kappa shape index (κ1) is 12.0. The third kappa shape index (κ3) is 3.95. The predicted octanol–water partition coefficient (Wildman–Crippen LogP) is 0.689. The number of nitrogens with one attached hydrogen (secondary N) is 1. The molecule has 2 N–H and O–H groups in total. The summed E-state index contributed by atoms with van der Waals surface area (Å²) in [6, 6.07) is 0. The largest absolute Gasteiger partial charge is 0.390 e. The molecule has 1 aliphatic heterocycles. The molecule has 0 aliphatic carbocycles. The molecule has 1 heterocycles. The third-order valence-corrected chi connectivity index (χ3v) is 3.06. The molecule has 1 aliphatic rings. The minimum atomic E-state index is -0.414. The van der Waals surface area contributed by atoms with Crippen molar-refractivity contribution in [3.63, 3.8) is 0 Å². The molecule has 0 bridgehead atoms. The summed E-state index contributed by atoms with van der Waals surface area (Å²) in [6.45, 7) is 8.52. The van der Waals surface area contributed by atoms with E-state index in [1.54, 1.807) is 0 Å². The molecule has 0 amide bonds. The number of hydrogen-bond donors (Lipinski definition) is 2. The number of hydrogen-bond acceptors (Lipinski definition) is 3. The highest BCUT2D eigenvalue weighted by Gasteiger charge is 2.27. The van der Waals surface area contributed by atoms with Crippen molar-refractivity contribution >= 4 is 0 Å². The van der Waals surface area contributed by atoms with E-state index in [0.29, 0.717) is 5.92 Å². The molecule has 0 aromatic rings. The van der Waals surface area contributed by atoms with Crippen LogP contribution in [-0.2, 0) is 0 Å². The summed E-state index contributed by atoms with van der Waals surface area (Å²) >= 11 is 0. The molecule has 14 heavy (non-hydrogen) atoms. The van der Waals surface area contributed by atoms with E-state index in [1.165, 1.54) is 0 Å². The second kappa shape index (κ2) is 5.10. The number of rotatable bonds is 4. The standard InChI is InChI=1S/C11H24N2O/c1-10(8-12-3)9-13-6-4-11(2,14)5-7-13/h10,12,14H,4-9H2,1-3H3. The minimum Gasteiger partial charge on any atom is -0.390 e. The maximum atomic E-state index is 9.79. The molecule has 84 valence electrons. The molecule has 1 unspecified atom stereocenters. The second-order valence-electron chi connectivity index (χ2n) is 4.96. The smallest absolute Gasteiger partial charge is 0.0644 e. The van der Waals surface area contributed by atoms with Gasteiger partial charge in [-0.25, -0.2) is 0 Å². The lowest BCUT2D eigenvalue weighted by Crippen LogP contribution is -2.44. The first-order valence-corrected chi connectivity index (χ1v) is 5.63. The summed E-state index contributed by atoms with van der Waals surface area (Å²) in [4.78, 5) is 2.46. The summed E-state index contributed by atoms with van der Waals surface area (Å²) in [5, 5.41) is 13.0. The van der Waals surface area contributed by atoms with Crippen molar-refractivity contribution in [1.29, 1.82) is 0 Å². The molecular weight excluding hydrogens is 176 g/mol. The van der Waals surface area contributed by atoms with Gasteiger partial charge in [0.25, 0.3) is 0 Å². The third-order valence-electron chi connectivity index (χ3n) is 3.06. The molecule has 0 aromatic heterocycles. The lowest BCUT2D eigenvalue weighted by Gasteiger charge is -2.36. The molecule has 1 saturated heterocycles. The van der Waals surface area contributed by atoms with E-state index in [2.05, 4.69) is 17.1 Å². The van der Waals surface area contributed by atoms with Gasteiger partial charge in [-0.05, 0) is 39.3 Å². The topological polar surface area (TPSA) is 35.5 Å². The maximum absolute atomic E-state index is 9.79. The number of piperidine rings is 1. The predicted molar refractivity (Wildman–Crippen MR) is 59.4 cm³/mol. The van der Waals surface area contributed by atoms with Gasteiger partial charge in [-0.2, -0.15) is 0 Å². The SMILES string of the molecule is CNCC(C)CN1CCC(C)(O)CC1. The number of likely N-dealkylation sites (tertiary alicyclic amines) is 1. The van der Waals surface area contributed by atoms with Gasteiger partial charge in [0.1, 0.15) is 0 Å². The van der Waals surface area contributed by atoms with E-state index in [4.69, 9.17) is 0 Å². The van der Waals surface area contributed by atoms with Gasteiger partial charge in [0, 0.05) is 19.6 Å². The Morgan fingerprint density at radius 2 is 2.00 bits per heavy atom. The highest BCUT2D eigenvalue weighted by molar-refractivity contribution is 4.82. The summed E-state index contributed by atoms with van der Waals surface area (Å²) in [5.41, 5.74) is -0.414. The van der Waals surface area contributed by atoms with Crippen LogP contribution in [0.5, 0.6) is 0 Å². The van der Waals surface area contributed by atoms with Gasteiger partial charge in [0.05, 0.1) is 5.60 Å². The van der Waals surface area contributed by atoms with Gasteiger partial charge in [-0.3, -0.25) is 0 Å². The van der Waals surface area contributed by atoms with Crippen molar-refractivity contribution in [1.82, 2.24) is 10.2 Å². The Balaban J connectivity index is 2.22. The van der Waals surface area contributed by atoms with Crippen LogP contribution < -0.4 is 5.32 Å². The molecule has 0 spiro atoms. The Hall–Kier alpha value is -0.120. The van der Waals surface area contributed by atoms with Crippen LogP contribution in [0.2, 0.25) is 0 Å². The van der Waals surface area contributed by atoms with E-state index >= 15 is 0 Å². The van der Waals surface area contributed by atoms with Crippen molar-refractivity contribution in [3.05, 3.63) is 0 Å². The highest BCUT2D eigenvalue weighted by Crippen LogP contribution is 2.21. The molecule has 0 radical (unpaired) electrons.